The molecule has 0 aromatic heterocycles. The van der Waals surface area contributed by atoms with Gasteiger partial charge in [-0.1, -0.05) is 36.8 Å². The number of aliphatic imine (C=N–C) groups is 1. The molecule has 1 aliphatic heterocycles. The third kappa shape index (κ3) is 5.45. The molecule has 0 aliphatic carbocycles. The lowest BCUT2D eigenvalue weighted by Crippen LogP contribution is -2.41. The quantitative estimate of drug-likeness (QED) is 0.470. The zero-order chi connectivity index (χ0) is 20.0. The fourth-order valence-electron chi connectivity index (χ4n) is 3.55. The number of carbonyl (C=O) groups excluding carboxylic acids is 1. The minimum Gasteiger partial charge on any atom is -0.469 e. The summed E-state index contributed by atoms with van der Waals surface area (Å²) in [6, 6.07) is 8.84. The minimum absolute atomic E-state index is 0.0967. The number of ether oxygens (including phenoxy) is 1. The number of nitrogens with zero attached hydrogens (tertiary/aromatic N) is 3. The Morgan fingerprint density at radius 3 is 2.56 bits per heavy atom. The summed E-state index contributed by atoms with van der Waals surface area (Å²) in [7, 11) is 5.62. The Labute approximate surface area is 163 Å². The van der Waals surface area contributed by atoms with Gasteiger partial charge >= 0.3 is 5.97 Å². The zero-order valence-corrected chi connectivity index (χ0v) is 17.5. The molecule has 1 aliphatic rings. The van der Waals surface area contributed by atoms with Gasteiger partial charge in [-0.15, -0.1) is 0 Å². The normalized spacial score (nSPS) is 21.4. The maximum atomic E-state index is 12.0. The molecule has 150 valence electrons. The van der Waals surface area contributed by atoms with Crippen LogP contribution in [0.25, 0.3) is 0 Å². The van der Waals surface area contributed by atoms with Crippen LogP contribution in [0.4, 0.5) is 0 Å². The van der Waals surface area contributed by atoms with Crippen LogP contribution in [-0.4, -0.2) is 69.1 Å². The molecule has 6 heteroatoms. The maximum Gasteiger partial charge on any atom is 0.310 e. The molecule has 1 N–H and O–H groups in total. The Morgan fingerprint density at radius 1 is 1.33 bits per heavy atom. The summed E-state index contributed by atoms with van der Waals surface area (Å²) in [4.78, 5) is 21.3. The van der Waals surface area contributed by atoms with E-state index in [1.54, 1.807) is 0 Å². The Hall–Kier alpha value is -2.08. The van der Waals surface area contributed by atoms with Gasteiger partial charge in [0.05, 0.1) is 25.6 Å². The van der Waals surface area contributed by atoms with Crippen LogP contribution < -0.4 is 5.32 Å². The van der Waals surface area contributed by atoms with E-state index in [1.165, 1.54) is 18.2 Å². The molecule has 1 heterocycles. The Balaban J connectivity index is 2.16. The first-order chi connectivity index (χ1) is 12.9. The van der Waals surface area contributed by atoms with Crippen molar-refractivity contribution in [1.29, 1.82) is 0 Å². The van der Waals surface area contributed by atoms with E-state index < -0.39 is 0 Å². The van der Waals surface area contributed by atoms with Crippen molar-refractivity contribution in [3.63, 3.8) is 0 Å². The highest BCUT2D eigenvalue weighted by atomic mass is 16.5. The molecule has 0 spiro atoms. The Kier molecular flexibility index (Phi) is 7.66. The summed E-state index contributed by atoms with van der Waals surface area (Å²) in [5.41, 5.74) is 2.51. The maximum absolute atomic E-state index is 12.0. The number of likely N-dealkylation sites (tertiary alicyclic amines) is 1. The van der Waals surface area contributed by atoms with Crippen LogP contribution in [0, 0.1) is 18.8 Å². The highest BCUT2D eigenvalue weighted by molar-refractivity contribution is 5.82. The first kappa shape index (κ1) is 21.2. The van der Waals surface area contributed by atoms with Crippen LogP contribution in [0.5, 0.6) is 0 Å². The van der Waals surface area contributed by atoms with Gasteiger partial charge in [0, 0.05) is 19.6 Å². The second kappa shape index (κ2) is 9.74. The molecule has 0 radical (unpaired) electrons. The van der Waals surface area contributed by atoms with Crippen LogP contribution >= 0.6 is 0 Å². The molecule has 3 unspecified atom stereocenters. The van der Waals surface area contributed by atoms with Gasteiger partial charge in [0.25, 0.3) is 0 Å². The molecule has 0 amide bonds. The lowest BCUT2D eigenvalue weighted by Gasteiger charge is -2.26. The van der Waals surface area contributed by atoms with Crippen molar-refractivity contribution in [2.75, 3.05) is 47.4 Å². The molecule has 27 heavy (non-hydrogen) atoms. The van der Waals surface area contributed by atoms with E-state index in [-0.39, 0.29) is 23.8 Å². The SMILES string of the molecule is CCNC(=NCC(c1ccc(C)cc1)N(C)C)N1CC(C)C(C(=O)OC)C1. The predicted molar refractivity (Wildman–Crippen MR) is 110 cm³/mol. The van der Waals surface area contributed by atoms with Gasteiger partial charge in [-0.25, -0.2) is 0 Å². The van der Waals surface area contributed by atoms with Crippen molar-refractivity contribution < 1.29 is 9.53 Å². The van der Waals surface area contributed by atoms with Crippen LogP contribution in [0.3, 0.4) is 0 Å². The Morgan fingerprint density at radius 2 is 2.00 bits per heavy atom. The van der Waals surface area contributed by atoms with E-state index in [0.29, 0.717) is 13.1 Å². The van der Waals surface area contributed by atoms with Crippen molar-refractivity contribution in [3.8, 4) is 0 Å². The van der Waals surface area contributed by atoms with Crippen molar-refractivity contribution >= 4 is 11.9 Å². The van der Waals surface area contributed by atoms with E-state index >= 15 is 0 Å². The molecule has 1 aromatic rings. The number of hydrogen-bond donors (Lipinski definition) is 1. The summed E-state index contributed by atoms with van der Waals surface area (Å²) >= 11 is 0. The van der Waals surface area contributed by atoms with Gasteiger partial charge in [-0.2, -0.15) is 0 Å². The molecule has 0 saturated carbocycles. The summed E-state index contributed by atoms with van der Waals surface area (Å²) < 4.78 is 4.96. The van der Waals surface area contributed by atoms with Crippen LogP contribution in [0.15, 0.2) is 29.3 Å². The fraction of sp³-hybridized carbons (Fsp3) is 0.619. The summed E-state index contributed by atoms with van der Waals surface area (Å²) in [6.07, 6.45) is 0. The average Bonchev–Trinajstić information content (AvgIpc) is 3.03. The molecule has 1 saturated heterocycles. The molecular formula is C21H34N4O2. The molecule has 6 nitrogen and oxygen atoms in total. The summed E-state index contributed by atoms with van der Waals surface area (Å²) in [6.45, 7) is 9.17. The number of esters is 1. The van der Waals surface area contributed by atoms with Gasteiger partial charge in [-0.3, -0.25) is 9.79 Å². The topological polar surface area (TPSA) is 57.2 Å². The highest BCUT2D eigenvalue weighted by Gasteiger charge is 2.37. The predicted octanol–water partition coefficient (Wildman–Crippen LogP) is 2.30. The van der Waals surface area contributed by atoms with Crippen molar-refractivity contribution in [3.05, 3.63) is 35.4 Å². The number of nitrogens with one attached hydrogen (secondary N) is 1. The smallest absolute Gasteiger partial charge is 0.310 e. The van der Waals surface area contributed by atoms with E-state index in [1.807, 2.05) is 0 Å². The summed E-state index contributed by atoms with van der Waals surface area (Å²) in [5.74, 6) is 0.894. The van der Waals surface area contributed by atoms with Gasteiger partial charge in [-0.05, 0) is 39.4 Å². The monoisotopic (exact) mass is 374 g/mol. The van der Waals surface area contributed by atoms with E-state index in [4.69, 9.17) is 9.73 Å². The first-order valence-corrected chi connectivity index (χ1v) is 9.71. The fourth-order valence-corrected chi connectivity index (χ4v) is 3.55. The van der Waals surface area contributed by atoms with Gasteiger partial charge in [0.1, 0.15) is 0 Å². The van der Waals surface area contributed by atoms with Crippen molar-refractivity contribution in [2.45, 2.75) is 26.8 Å². The molecular weight excluding hydrogens is 340 g/mol. The van der Waals surface area contributed by atoms with Crippen molar-refractivity contribution in [2.24, 2.45) is 16.8 Å². The zero-order valence-electron chi connectivity index (χ0n) is 17.5. The van der Waals surface area contributed by atoms with E-state index in [2.05, 4.69) is 74.2 Å². The van der Waals surface area contributed by atoms with Crippen LogP contribution in [0.1, 0.15) is 31.0 Å². The second-order valence-electron chi connectivity index (χ2n) is 7.60. The molecule has 1 fully saturated rings. The molecule has 3 atom stereocenters. The number of aryl methyl sites for hydroxylation is 1. The minimum atomic E-state index is -0.133. The number of hydrogen-bond acceptors (Lipinski definition) is 4. The van der Waals surface area contributed by atoms with Crippen molar-refractivity contribution in [1.82, 2.24) is 15.1 Å². The van der Waals surface area contributed by atoms with Crippen LogP contribution in [0.2, 0.25) is 0 Å². The van der Waals surface area contributed by atoms with Gasteiger partial charge in [0.2, 0.25) is 0 Å². The number of guanidine groups is 1. The highest BCUT2D eigenvalue weighted by Crippen LogP contribution is 2.25. The number of rotatable bonds is 6. The van der Waals surface area contributed by atoms with E-state index in [0.717, 1.165) is 19.0 Å². The van der Waals surface area contributed by atoms with Crippen LogP contribution in [-0.2, 0) is 9.53 Å². The first-order valence-electron chi connectivity index (χ1n) is 9.71. The average molecular weight is 375 g/mol. The molecule has 0 bridgehead atoms. The lowest BCUT2D eigenvalue weighted by molar-refractivity contribution is -0.145. The number of carbonyl (C=O) groups is 1. The Bertz CT molecular complexity index is 642. The standard InChI is InChI=1S/C21H34N4O2/c1-7-22-21(25-13-16(3)18(14-25)20(26)27-6)23-12-19(24(4)5)17-10-8-15(2)9-11-17/h8-11,16,18-19H,7,12-14H2,1-6H3,(H,22,23). The number of methoxy groups -OCH3 is 1. The molecule has 2 rings (SSSR count). The molecule has 1 aromatic carbocycles. The number of likely N-dealkylation sites (N-methyl/N-ethyl adjacent to an activating group) is 1. The number of benzene rings is 1. The summed E-state index contributed by atoms with van der Waals surface area (Å²) in [5, 5.41) is 3.38. The third-order valence-electron chi connectivity index (χ3n) is 5.25. The van der Waals surface area contributed by atoms with E-state index in [9.17, 15) is 4.79 Å². The lowest BCUT2D eigenvalue weighted by atomic mass is 9.99. The van der Waals surface area contributed by atoms with Gasteiger partial charge < -0.3 is 19.9 Å². The van der Waals surface area contributed by atoms with Gasteiger partial charge in [0.15, 0.2) is 5.96 Å². The third-order valence-corrected chi connectivity index (χ3v) is 5.25. The second-order valence-corrected chi connectivity index (χ2v) is 7.60. The largest absolute Gasteiger partial charge is 0.469 e.